The van der Waals surface area contributed by atoms with Gasteiger partial charge < -0.3 is 19.5 Å². The molecule has 0 unspecified atom stereocenters. The molecule has 6 rings (SSSR count). The van der Waals surface area contributed by atoms with Gasteiger partial charge in [-0.25, -0.2) is 19.3 Å². The van der Waals surface area contributed by atoms with E-state index in [4.69, 9.17) is 14.2 Å². The maximum absolute atomic E-state index is 14.2. The van der Waals surface area contributed by atoms with Crippen molar-refractivity contribution in [2.45, 2.75) is 82.3 Å². The summed E-state index contributed by atoms with van der Waals surface area (Å²) in [6, 6.07) is 7.05. The Morgan fingerprint density at radius 3 is 2.69 bits per heavy atom. The Morgan fingerprint density at radius 1 is 1.06 bits per heavy atom. The Kier molecular flexibility index (Phi) is 5.78. The Morgan fingerprint density at radius 2 is 1.86 bits per heavy atom. The number of rotatable bonds is 5. The lowest BCUT2D eigenvalue weighted by Crippen LogP contribution is -2.28. The third kappa shape index (κ3) is 4.32. The molecule has 1 N–H and O–H groups in total. The van der Waals surface area contributed by atoms with Gasteiger partial charge in [0.2, 0.25) is 0 Å². The predicted octanol–water partition coefficient (Wildman–Crippen LogP) is 4.84. The van der Waals surface area contributed by atoms with Gasteiger partial charge in [-0.05, 0) is 32.8 Å². The summed E-state index contributed by atoms with van der Waals surface area (Å²) < 4.78 is 34.9. The third-order valence-corrected chi connectivity index (χ3v) is 7.01. The van der Waals surface area contributed by atoms with Gasteiger partial charge in [0.25, 0.3) is 0 Å². The molecule has 1 aromatic carbocycles. The van der Waals surface area contributed by atoms with Crippen LogP contribution < -0.4 is 5.32 Å². The summed E-state index contributed by atoms with van der Waals surface area (Å²) in [6.45, 7) is 3.78. The molecule has 0 spiro atoms. The molecule has 1 saturated carbocycles. The first-order valence-electron chi connectivity index (χ1n) is 12.4. The molecule has 8 nitrogen and oxygen atoms in total. The van der Waals surface area contributed by atoms with Crippen molar-refractivity contribution < 1.29 is 18.6 Å². The van der Waals surface area contributed by atoms with Crippen LogP contribution in [0.5, 0.6) is 0 Å². The van der Waals surface area contributed by atoms with Crippen LogP contribution in [-0.4, -0.2) is 49.7 Å². The summed E-state index contributed by atoms with van der Waals surface area (Å²) in [5.74, 6) is -0.301. The van der Waals surface area contributed by atoms with E-state index in [9.17, 15) is 4.39 Å². The van der Waals surface area contributed by atoms with Crippen molar-refractivity contribution in [3.05, 3.63) is 54.4 Å². The summed E-state index contributed by atoms with van der Waals surface area (Å²) in [7, 11) is 0. The van der Waals surface area contributed by atoms with Crippen molar-refractivity contribution in [2.24, 2.45) is 0 Å². The summed E-state index contributed by atoms with van der Waals surface area (Å²) >= 11 is 0. The largest absolute Gasteiger partial charge is 0.365 e. The first-order valence-corrected chi connectivity index (χ1v) is 12.4. The topological polar surface area (TPSA) is 83.3 Å². The molecule has 2 saturated heterocycles. The maximum Gasteiger partial charge on any atom is 0.167 e. The fraction of sp³-hybridized carbons (Fsp3) is 0.500. The van der Waals surface area contributed by atoms with Crippen LogP contribution in [0.4, 0.5) is 10.2 Å². The minimum Gasteiger partial charge on any atom is -0.365 e. The average Bonchev–Trinajstić information content (AvgIpc) is 3.51. The molecule has 3 aliphatic rings. The summed E-state index contributed by atoms with van der Waals surface area (Å²) in [5.41, 5.74) is 1.88. The molecule has 2 aromatic heterocycles. The van der Waals surface area contributed by atoms with Gasteiger partial charge in [0.05, 0.1) is 6.33 Å². The van der Waals surface area contributed by atoms with Crippen LogP contribution in [0, 0.1) is 5.82 Å². The van der Waals surface area contributed by atoms with Gasteiger partial charge in [-0.3, -0.25) is 4.57 Å². The van der Waals surface area contributed by atoms with Crippen LogP contribution in [0.3, 0.4) is 0 Å². The highest BCUT2D eigenvalue weighted by molar-refractivity contribution is 5.82. The van der Waals surface area contributed by atoms with Gasteiger partial charge in [-0.15, -0.1) is 0 Å². The van der Waals surface area contributed by atoms with E-state index in [2.05, 4.69) is 20.3 Å². The highest BCUT2D eigenvalue weighted by Gasteiger charge is 2.55. The SMILES string of the molecule is CC1(C)O[C@@H]2[C@H](O1)[C@@H](C=Cc1ccccc1F)O[C@H]2n1cnc2c(NC3CCCCC3)ncnc21. The van der Waals surface area contributed by atoms with Crippen LogP contribution in [0.2, 0.25) is 0 Å². The number of aromatic nitrogens is 4. The van der Waals surface area contributed by atoms with Gasteiger partial charge in [-0.2, -0.15) is 0 Å². The molecule has 3 fully saturated rings. The molecule has 4 atom stereocenters. The zero-order valence-corrected chi connectivity index (χ0v) is 19.9. The van der Waals surface area contributed by atoms with Crippen LogP contribution in [0.15, 0.2) is 43.0 Å². The fourth-order valence-corrected chi connectivity index (χ4v) is 5.38. The van der Waals surface area contributed by atoms with E-state index >= 15 is 0 Å². The molecule has 4 heterocycles. The molecule has 1 aliphatic carbocycles. The van der Waals surface area contributed by atoms with E-state index < -0.39 is 18.1 Å². The minimum atomic E-state index is -0.763. The number of imidazole rings is 1. The van der Waals surface area contributed by atoms with E-state index in [1.54, 1.807) is 36.9 Å². The first kappa shape index (κ1) is 22.6. The number of benzene rings is 1. The van der Waals surface area contributed by atoms with Crippen LogP contribution in [0.1, 0.15) is 57.7 Å². The molecule has 3 aromatic rings. The highest BCUT2D eigenvalue weighted by atomic mass is 19.1. The normalized spacial score (nSPS) is 28.7. The first-order chi connectivity index (χ1) is 17.0. The zero-order valence-electron chi connectivity index (χ0n) is 19.9. The second-order valence-corrected chi connectivity index (χ2v) is 9.96. The Labute approximate surface area is 203 Å². The lowest BCUT2D eigenvalue weighted by Gasteiger charge is -2.24. The van der Waals surface area contributed by atoms with E-state index in [0.29, 0.717) is 22.8 Å². The Hall–Kier alpha value is -2.88. The summed E-state index contributed by atoms with van der Waals surface area (Å²) in [5, 5.41) is 3.57. The fourth-order valence-electron chi connectivity index (χ4n) is 5.38. The lowest BCUT2D eigenvalue weighted by atomic mass is 9.95. The van der Waals surface area contributed by atoms with Crippen molar-refractivity contribution in [2.75, 3.05) is 5.32 Å². The number of hydrogen-bond acceptors (Lipinski definition) is 7. The zero-order chi connectivity index (χ0) is 24.0. The van der Waals surface area contributed by atoms with Gasteiger partial charge in [0.1, 0.15) is 30.5 Å². The predicted molar refractivity (Wildman–Crippen MR) is 129 cm³/mol. The number of nitrogens with zero attached hydrogens (tertiary/aromatic N) is 4. The third-order valence-electron chi connectivity index (χ3n) is 7.01. The highest BCUT2D eigenvalue weighted by Crippen LogP contribution is 2.44. The molecule has 35 heavy (non-hydrogen) atoms. The Bertz CT molecular complexity index is 1240. The van der Waals surface area contributed by atoms with Gasteiger partial charge >= 0.3 is 0 Å². The standard InChI is InChI=1S/C26H30FN5O3/c1-26(2)34-21-19(13-12-16-8-6-7-11-18(16)27)33-25(22(21)35-26)32-15-30-20-23(28-14-29-24(20)32)31-17-9-4-3-5-10-17/h6-8,11-15,17,19,21-22,25H,3-5,9-10H2,1-2H3,(H,28,29,31)/t19-,21-,22-,25-/m1/s1. The Balaban J connectivity index is 1.30. The second-order valence-electron chi connectivity index (χ2n) is 9.96. The molecular weight excluding hydrogens is 449 g/mol. The van der Waals surface area contributed by atoms with Gasteiger partial charge in [0, 0.05) is 11.6 Å². The smallest absolute Gasteiger partial charge is 0.167 e. The molecule has 0 radical (unpaired) electrons. The summed E-state index contributed by atoms with van der Waals surface area (Å²) in [6.07, 6.45) is 11.2. The molecule has 2 aliphatic heterocycles. The summed E-state index contributed by atoms with van der Waals surface area (Å²) in [4.78, 5) is 13.6. The molecule has 0 amide bonds. The molecular formula is C26H30FN5O3. The van der Waals surface area contributed by atoms with Gasteiger partial charge in [-0.1, -0.05) is 49.6 Å². The molecule has 184 valence electrons. The minimum absolute atomic E-state index is 0.283. The van der Waals surface area contributed by atoms with Crippen LogP contribution in [0.25, 0.3) is 17.2 Å². The number of halogens is 1. The van der Waals surface area contributed by atoms with E-state index in [-0.39, 0.29) is 18.0 Å². The molecule has 0 bridgehead atoms. The van der Waals surface area contributed by atoms with E-state index in [1.807, 2.05) is 24.5 Å². The average molecular weight is 480 g/mol. The molecule has 9 heteroatoms. The maximum atomic E-state index is 14.2. The number of nitrogens with one attached hydrogen (secondary N) is 1. The van der Waals surface area contributed by atoms with Crippen molar-refractivity contribution in [1.82, 2.24) is 19.5 Å². The number of hydrogen-bond donors (Lipinski definition) is 1. The quantitative estimate of drug-likeness (QED) is 0.561. The number of ether oxygens (including phenoxy) is 3. The second kappa shape index (κ2) is 8.96. The van der Waals surface area contributed by atoms with Crippen molar-refractivity contribution >= 4 is 23.1 Å². The number of fused-ring (bicyclic) bond motifs is 2. The van der Waals surface area contributed by atoms with Crippen molar-refractivity contribution in [1.29, 1.82) is 0 Å². The number of anilines is 1. The lowest BCUT2D eigenvalue weighted by molar-refractivity contribution is -0.191. The van der Waals surface area contributed by atoms with Crippen molar-refractivity contribution in [3.8, 4) is 0 Å². The van der Waals surface area contributed by atoms with Gasteiger partial charge in [0.15, 0.2) is 29.0 Å². The van der Waals surface area contributed by atoms with Crippen LogP contribution in [-0.2, 0) is 14.2 Å². The van der Waals surface area contributed by atoms with Crippen molar-refractivity contribution in [3.63, 3.8) is 0 Å². The monoisotopic (exact) mass is 479 g/mol. The van der Waals surface area contributed by atoms with Crippen LogP contribution >= 0.6 is 0 Å². The van der Waals surface area contributed by atoms with E-state index in [0.717, 1.165) is 18.7 Å². The van der Waals surface area contributed by atoms with E-state index in [1.165, 1.54) is 25.3 Å².